The van der Waals surface area contributed by atoms with E-state index < -0.39 is 5.91 Å². The number of nitrogens with zero attached hydrogens (tertiary/aromatic N) is 2. The molecule has 9 nitrogen and oxygen atoms in total. The number of hydrogen-bond acceptors (Lipinski definition) is 5. The van der Waals surface area contributed by atoms with Crippen molar-refractivity contribution in [1.82, 2.24) is 25.4 Å². The minimum Gasteiger partial charge on any atom is -0.375 e. The van der Waals surface area contributed by atoms with Crippen LogP contribution in [-0.4, -0.2) is 72.5 Å². The summed E-state index contributed by atoms with van der Waals surface area (Å²) < 4.78 is 0. The van der Waals surface area contributed by atoms with Gasteiger partial charge in [-0.25, -0.2) is 0 Å². The standard InChI is InChI=1S/C28H37N5O4/c1-20(35)33-14-10-21(11-15-33)6-5-12-31-28(37)23(16-24(19-34)27(36)29-2)18-32(3)17-22-7-4-8-26-25(22)9-13-30-26/h4,7-9,13,16,18-19,21,30H,5-6,10-12,14-15,17H2,1-3H3,(H,29,36)(H,31,37)/b23-18+,24-16+. The topological polar surface area (TPSA) is 115 Å². The lowest BCUT2D eigenvalue weighted by Crippen LogP contribution is -2.37. The molecule has 3 amide bonds. The first-order valence-corrected chi connectivity index (χ1v) is 12.7. The number of carbonyl (C=O) groups is 4. The Morgan fingerprint density at radius 1 is 1.14 bits per heavy atom. The van der Waals surface area contributed by atoms with Gasteiger partial charge in [-0.15, -0.1) is 0 Å². The van der Waals surface area contributed by atoms with Gasteiger partial charge in [0.05, 0.1) is 11.1 Å². The average molecular weight is 508 g/mol. The number of amides is 3. The van der Waals surface area contributed by atoms with Crippen LogP contribution in [0.5, 0.6) is 0 Å². The van der Waals surface area contributed by atoms with Gasteiger partial charge >= 0.3 is 0 Å². The molecule has 2 heterocycles. The van der Waals surface area contributed by atoms with E-state index in [2.05, 4.69) is 15.6 Å². The molecule has 0 aliphatic carbocycles. The third-order valence-electron chi connectivity index (χ3n) is 6.79. The fourth-order valence-electron chi connectivity index (χ4n) is 4.70. The van der Waals surface area contributed by atoms with E-state index in [1.54, 1.807) is 13.1 Å². The van der Waals surface area contributed by atoms with Crippen LogP contribution in [0.3, 0.4) is 0 Å². The molecule has 1 aromatic carbocycles. The van der Waals surface area contributed by atoms with Crippen molar-refractivity contribution >= 4 is 34.9 Å². The first-order chi connectivity index (χ1) is 17.8. The molecule has 0 radical (unpaired) electrons. The highest BCUT2D eigenvalue weighted by atomic mass is 16.2. The van der Waals surface area contributed by atoms with E-state index in [9.17, 15) is 19.2 Å². The summed E-state index contributed by atoms with van der Waals surface area (Å²) in [4.78, 5) is 55.1. The fourth-order valence-corrected chi connectivity index (χ4v) is 4.70. The van der Waals surface area contributed by atoms with E-state index in [0.717, 1.165) is 55.2 Å². The van der Waals surface area contributed by atoms with E-state index in [0.29, 0.717) is 25.3 Å². The molecule has 9 heteroatoms. The molecule has 1 aliphatic heterocycles. The molecule has 0 unspecified atom stereocenters. The summed E-state index contributed by atoms with van der Waals surface area (Å²) in [6, 6.07) is 8.01. The number of aldehydes is 1. The highest BCUT2D eigenvalue weighted by Gasteiger charge is 2.20. The summed E-state index contributed by atoms with van der Waals surface area (Å²) in [7, 11) is 3.29. The number of benzene rings is 1. The van der Waals surface area contributed by atoms with Crippen molar-refractivity contribution in [2.75, 3.05) is 33.7 Å². The van der Waals surface area contributed by atoms with Crippen LogP contribution >= 0.6 is 0 Å². The number of rotatable bonds is 11. The van der Waals surface area contributed by atoms with Crippen molar-refractivity contribution in [2.24, 2.45) is 5.92 Å². The molecule has 0 atom stereocenters. The minimum absolute atomic E-state index is 0.123. The zero-order valence-electron chi connectivity index (χ0n) is 21.9. The second-order valence-corrected chi connectivity index (χ2v) is 9.50. The van der Waals surface area contributed by atoms with Crippen LogP contribution in [0.2, 0.25) is 0 Å². The zero-order valence-corrected chi connectivity index (χ0v) is 21.9. The van der Waals surface area contributed by atoms with Crippen LogP contribution in [0.1, 0.15) is 38.2 Å². The Hall–Kier alpha value is -3.88. The first-order valence-electron chi connectivity index (χ1n) is 12.7. The number of hydrogen-bond donors (Lipinski definition) is 3. The van der Waals surface area contributed by atoms with Gasteiger partial charge in [0.1, 0.15) is 0 Å². The number of nitrogens with one attached hydrogen (secondary N) is 3. The molecule has 1 fully saturated rings. The van der Waals surface area contributed by atoms with E-state index in [1.807, 2.05) is 47.3 Å². The maximum absolute atomic E-state index is 13.1. The number of aromatic nitrogens is 1. The SMILES string of the molecule is CNC(=O)/C(C=O)=C/C(=C\N(C)Cc1cccc2[nH]ccc12)C(=O)NCCCC1CCN(C(C)=O)CC1. The summed E-state index contributed by atoms with van der Waals surface area (Å²) >= 11 is 0. The van der Waals surface area contributed by atoms with Crippen LogP contribution in [0.15, 0.2) is 53.9 Å². The average Bonchev–Trinajstić information content (AvgIpc) is 3.38. The second-order valence-electron chi connectivity index (χ2n) is 9.50. The molecule has 1 saturated heterocycles. The molecule has 0 saturated carbocycles. The maximum Gasteiger partial charge on any atom is 0.254 e. The Balaban J connectivity index is 1.65. The molecular weight excluding hydrogens is 470 g/mol. The number of likely N-dealkylation sites (tertiary alicyclic amines) is 1. The van der Waals surface area contributed by atoms with Crippen LogP contribution in [-0.2, 0) is 25.7 Å². The highest BCUT2D eigenvalue weighted by Crippen LogP contribution is 2.22. The maximum atomic E-state index is 13.1. The Morgan fingerprint density at radius 3 is 2.57 bits per heavy atom. The normalized spacial score (nSPS) is 14.9. The Kier molecular flexibility index (Phi) is 10.1. The van der Waals surface area contributed by atoms with Crippen LogP contribution in [0.25, 0.3) is 10.9 Å². The van der Waals surface area contributed by atoms with Crippen molar-refractivity contribution in [3.8, 4) is 0 Å². The number of carbonyl (C=O) groups excluding carboxylic acids is 4. The first kappa shape index (κ1) is 27.7. The summed E-state index contributed by atoms with van der Waals surface area (Å²) in [6.07, 6.45) is 9.07. The van der Waals surface area contributed by atoms with Gasteiger partial charge in [0.25, 0.3) is 11.8 Å². The van der Waals surface area contributed by atoms with Crippen molar-refractivity contribution in [1.29, 1.82) is 0 Å². The van der Waals surface area contributed by atoms with E-state index in [-0.39, 0.29) is 23.0 Å². The largest absolute Gasteiger partial charge is 0.375 e. The molecule has 3 rings (SSSR count). The molecule has 0 bridgehead atoms. The Bertz CT molecular complexity index is 1170. The summed E-state index contributed by atoms with van der Waals surface area (Å²) in [5.41, 5.74) is 2.22. The lowest BCUT2D eigenvalue weighted by Gasteiger charge is -2.31. The van der Waals surface area contributed by atoms with Gasteiger partial charge in [-0.1, -0.05) is 12.1 Å². The van der Waals surface area contributed by atoms with Crippen LogP contribution in [0.4, 0.5) is 0 Å². The van der Waals surface area contributed by atoms with Gasteiger partial charge < -0.3 is 25.4 Å². The smallest absolute Gasteiger partial charge is 0.254 e. The molecular formula is C28H37N5O4. The lowest BCUT2D eigenvalue weighted by atomic mass is 9.92. The highest BCUT2D eigenvalue weighted by molar-refractivity contribution is 6.12. The molecule has 3 N–H and O–H groups in total. The van der Waals surface area contributed by atoms with Crippen LogP contribution in [0, 0.1) is 5.92 Å². The molecule has 0 spiro atoms. The Morgan fingerprint density at radius 2 is 1.89 bits per heavy atom. The van der Waals surface area contributed by atoms with Crippen molar-refractivity contribution in [3.63, 3.8) is 0 Å². The van der Waals surface area contributed by atoms with E-state index in [1.165, 1.54) is 13.1 Å². The van der Waals surface area contributed by atoms with Crippen molar-refractivity contribution in [3.05, 3.63) is 59.4 Å². The summed E-state index contributed by atoms with van der Waals surface area (Å²) in [5.74, 6) is -0.231. The van der Waals surface area contributed by atoms with Gasteiger partial charge in [0.2, 0.25) is 5.91 Å². The number of piperidine rings is 1. The molecule has 1 aliphatic rings. The second kappa shape index (κ2) is 13.4. The predicted octanol–water partition coefficient (Wildman–Crippen LogP) is 2.51. The quantitative estimate of drug-likeness (QED) is 0.108. The van der Waals surface area contributed by atoms with Crippen molar-refractivity contribution in [2.45, 2.75) is 39.2 Å². The lowest BCUT2D eigenvalue weighted by molar-refractivity contribution is -0.130. The van der Waals surface area contributed by atoms with Gasteiger partial charge in [0, 0.05) is 70.5 Å². The van der Waals surface area contributed by atoms with E-state index >= 15 is 0 Å². The fraction of sp³-hybridized carbons (Fsp3) is 0.429. The predicted molar refractivity (Wildman–Crippen MR) is 143 cm³/mol. The molecule has 198 valence electrons. The minimum atomic E-state index is -0.551. The third-order valence-corrected chi connectivity index (χ3v) is 6.79. The van der Waals surface area contributed by atoms with Crippen molar-refractivity contribution < 1.29 is 19.2 Å². The summed E-state index contributed by atoms with van der Waals surface area (Å²) in [5, 5.41) is 6.46. The Labute approximate surface area is 218 Å². The van der Waals surface area contributed by atoms with Gasteiger partial charge in [-0.2, -0.15) is 0 Å². The summed E-state index contributed by atoms with van der Waals surface area (Å²) in [6.45, 7) is 4.21. The molecule has 2 aromatic rings. The van der Waals surface area contributed by atoms with Gasteiger partial charge in [-0.3, -0.25) is 19.2 Å². The number of aromatic amines is 1. The number of fused-ring (bicyclic) bond motifs is 1. The van der Waals surface area contributed by atoms with Crippen LogP contribution < -0.4 is 10.6 Å². The monoisotopic (exact) mass is 507 g/mol. The van der Waals surface area contributed by atoms with Gasteiger partial charge in [0.15, 0.2) is 6.29 Å². The molecule has 37 heavy (non-hydrogen) atoms. The third kappa shape index (κ3) is 7.80. The van der Waals surface area contributed by atoms with E-state index in [4.69, 9.17) is 0 Å². The number of H-pyrrole nitrogens is 1. The number of likely N-dealkylation sites (N-methyl/N-ethyl adjacent to an activating group) is 1. The molecule has 1 aromatic heterocycles. The zero-order chi connectivity index (χ0) is 26.8. The van der Waals surface area contributed by atoms with Gasteiger partial charge in [-0.05, 0) is 55.4 Å².